The molecule has 2 amide bonds. The first-order chi connectivity index (χ1) is 14.5. The summed E-state index contributed by atoms with van der Waals surface area (Å²) >= 11 is 0. The molecule has 3 aromatic rings. The van der Waals surface area contributed by atoms with Crippen molar-refractivity contribution >= 4 is 17.6 Å². The molecule has 0 aliphatic carbocycles. The maximum absolute atomic E-state index is 15.1. The van der Waals surface area contributed by atoms with Gasteiger partial charge in [0, 0.05) is 20.1 Å². The fourth-order valence-electron chi connectivity index (χ4n) is 3.60. The summed E-state index contributed by atoms with van der Waals surface area (Å²) < 4.78 is 21.4. The second-order valence-corrected chi connectivity index (χ2v) is 7.03. The van der Waals surface area contributed by atoms with Crippen LogP contribution < -0.4 is 10.1 Å². The molecule has 1 aromatic heterocycles. The van der Waals surface area contributed by atoms with Gasteiger partial charge in [-0.1, -0.05) is 36.4 Å². The molecule has 0 atom stereocenters. The molecule has 2 heterocycles. The van der Waals surface area contributed by atoms with Crippen LogP contribution in [0.2, 0.25) is 0 Å². The predicted molar refractivity (Wildman–Crippen MR) is 109 cm³/mol. The third-order valence-electron chi connectivity index (χ3n) is 5.19. The maximum atomic E-state index is 15.1. The standard InChI is InChI=1S/C22H21FN4O3/c1-26-20(24-21(28)16-9-5-6-10-17(16)30-2)18(23)19(25-26)22(29)27-12-11-14-7-3-4-8-15(14)13-27/h3-10H,11-13H2,1-2H3,(H,24,28). The van der Waals surface area contributed by atoms with E-state index in [2.05, 4.69) is 10.4 Å². The van der Waals surface area contributed by atoms with Gasteiger partial charge < -0.3 is 15.0 Å². The van der Waals surface area contributed by atoms with Gasteiger partial charge in [-0.2, -0.15) is 5.10 Å². The summed E-state index contributed by atoms with van der Waals surface area (Å²) in [4.78, 5) is 27.1. The number of carbonyl (C=O) groups excluding carboxylic acids is 2. The minimum atomic E-state index is -0.857. The normalized spacial score (nSPS) is 13.0. The van der Waals surface area contributed by atoms with E-state index in [1.165, 1.54) is 19.7 Å². The molecule has 30 heavy (non-hydrogen) atoms. The van der Waals surface area contributed by atoms with Gasteiger partial charge in [0.15, 0.2) is 17.3 Å². The van der Waals surface area contributed by atoms with Gasteiger partial charge in [-0.15, -0.1) is 0 Å². The van der Waals surface area contributed by atoms with Crippen LogP contribution in [0.3, 0.4) is 0 Å². The lowest BCUT2D eigenvalue weighted by Crippen LogP contribution is -2.36. The van der Waals surface area contributed by atoms with E-state index >= 15 is 4.39 Å². The average Bonchev–Trinajstić information content (AvgIpc) is 3.06. The fraction of sp³-hybridized carbons (Fsp3) is 0.227. The first-order valence-corrected chi connectivity index (χ1v) is 9.52. The third-order valence-corrected chi connectivity index (χ3v) is 5.19. The number of amides is 2. The second-order valence-electron chi connectivity index (χ2n) is 7.03. The summed E-state index contributed by atoms with van der Waals surface area (Å²) in [5.74, 6) is -1.73. The fourth-order valence-corrected chi connectivity index (χ4v) is 3.60. The molecular weight excluding hydrogens is 387 g/mol. The average molecular weight is 408 g/mol. The van der Waals surface area contributed by atoms with Crippen LogP contribution in [0, 0.1) is 5.82 Å². The zero-order valence-electron chi connectivity index (χ0n) is 16.7. The topological polar surface area (TPSA) is 76.5 Å². The first-order valence-electron chi connectivity index (χ1n) is 9.52. The number of benzene rings is 2. The van der Waals surface area contributed by atoms with Gasteiger partial charge in [0.05, 0.1) is 12.7 Å². The van der Waals surface area contributed by atoms with Gasteiger partial charge >= 0.3 is 0 Å². The van der Waals surface area contributed by atoms with E-state index in [0.717, 1.165) is 10.2 Å². The Labute approximate surface area is 173 Å². The molecule has 0 spiro atoms. The molecule has 0 fully saturated rings. The predicted octanol–water partition coefficient (Wildman–Crippen LogP) is 3.02. The summed E-state index contributed by atoms with van der Waals surface area (Å²) in [6.45, 7) is 0.878. The lowest BCUT2D eigenvalue weighted by atomic mass is 10.00. The number of halogens is 1. The van der Waals surface area contributed by atoms with E-state index in [1.54, 1.807) is 29.2 Å². The third kappa shape index (κ3) is 3.52. The number of ether oxygens (including phenoxy) is 1. The molecule has 0 bridgehead atoms. The van der Waals surface area contributed by atoms with Crippen molar-refractivity contribution < 1.29 is 18.7 Å². The highest BCUT2D eigenvalue weighted by molar-refractivity contribution is 6.06. The zero-order chi connectivity index (χ0) is 21.3. The molecule has 8 heteroatoms. The van der Waals surface area contributed by atoms with Gasteiger partial charge in [0.1, 0.15) is 5.75 Å². The van der Waals surface area contributed by atoms with Crippen LogP contribution in [-0.4, -0.2) is 40.1 Å². The van der Waals surface area contributed by atoms with Crippen LogP contribution >= 0.6 is 0 Å². The van der Waals surface area contributed by atoms with Crippen molar-refractivity contribution in [3.63, 3.8) is 0 Å². The lowest BCUT2D eigenvalue weighted by molar-refractivity contribution is 0.0723. The highest BCUT2D eigenvalue weighted by atomic mass is 19.1. The van der Waals surface area contributed by atoms with Crippen molar-refractivity contribution in [1.82, 2.24) is 14.7 Å². The monoisotopic (exact) mass is 408 g/mol. The van der Waals surface area contributed by atoms with Crippen molar-refractivity contribution in [2.24, 2.45) is 7.05 Å². The van der Waals surface area contributed by atoms with E-state index in [1.807, 2.05) is 24.3 Å². The number of methoxy groups -OCH3 is 1. The van der Waals surface area contributed by atoms with E-state index < -0.39 is 17.6 Å². The molecule has 1 aliphatic heterocycles. The largest absolute Gasteiger partial charge is 0.496 e. The van der Waals surface area contributed by atoms with Crippen molar-refractivity contribution in [1.29, 1.82) is 0 Å². The van der Waals surface area contributed by atoms with Crippen LogP contribution in [0.15, 0.2) is 48.5 Å². The SMILES string of the molecule is COc1ccccc1C(=O)Nc1c(F)c(C(=O)N2CCc3ccccc3C2)nn1C. The Morgan fingerprint density at radius 2 is 1.80 bits per heavy atom. The summed E-state index contributed by atoms with van der Waals surface area (Å²) in [6.07, 6.45) is 0.702. The number of hydrogen-bond donors (Lipinski definition) is 1. The number of aromatic nitrogens is 2. The van der Waals surface area contributed by atoms with Gasteiger partial charge in [-0.3, -0.25) is 9.59 Å². The minimum Gasteiger partial charge on any atom is -0.496 e. The molecule has 2 aromatic carbocycles. The molecule has 1 aliphatic rings. The highest BCUT2D eigenvalue weighted by Gasteiger charge is 2.29. The number of nitrogens with one attached hydrogen (secondary N) is 1. The smallest absolute Gasteiger partial charge is 0.277 e. The molecule has 1 N–H and O–H groups in total. The van der Waals surface area contributed by atoms with Crippen LogP contribution in [0.5, 0.6) is 5.75 Å². The highest BCUT2D eigenvalue weighted by Crippen LogP contribution is 2.25. The van der Waals surface area contributed by atoms with E-state index in [4.69, 9.17) is 4.74 Å². The van der Waals surface area contributed by atoms with Gasteiger partial charge in [0.2, 0.25) is 0 Å². The lowest BCUT2D eigenvalue weighted by Gasteiger charge is -2.28. The molecular formula is C22H21FN4O3. The number of nitrogens with zero attached hydrogens (tertiary/aromatic N) is 3. The van der Waals surface area contributed by atoms with Gasteiger partial charge in [0.25, 0.3) is 11.8 Å². The second kappa shape index (κ2) is 7.98. The summed E-state index contributed by atoms with van der Waals surface area (Å²) in [6, 6.07) is 14.5. The first kappa shape index (κ1) is 19.6. The number of para-hydroxylation sites is 1. The number of aryl methyl sites for hydroxylation is 1. The van der Waals surface area contributed by atoms with E-state index in [-0.39, 0.29) is 17.1 Å². The molecule has 0 radical (unpaired) electrons. The molecule has 0 saturated carbocycles. The minimum absolute atomic E-state index is 0.174. The molecule has 4 rings (SSSR count). The quantitative estimate of drug-likeness (QED) is 0.720. The van der Waals surface area contributed by atoms with Crippen LogP contribution in [0.4, 0.5) is 10.2 Å². The summed E-state index contributed by atoms with van der Waals surface area (Å²) in [7, 11) is 2.92. The van der Waals surface area contributed by atoms with Crippen LogP contribution in [-0.2, 0) is 20.0 Å². The maximum Gasteiger partial charge on any atom is 0.277 e. The number of rotatable bonds is 4. The van der Waals surface area contributed by atoms with Crippen molar-refractivity contribution in [2.75, 3.05) is 19.0 Å². The van der Waals surface area contributed by atoms with Crippen molar-refractivity contribution in [3.8, 4) is 5.75 Å². The number of anilines is 1. The summed E-state index contributed by atoms with van der Waals surface area (Å²) in [5.41, 5.74) is 2.17. The van der Waals surface area contributed by atoms with Crippen LogP contribution in [0.1, 0.15) is 32.0 Å². The zero-order valence-corrected chi connectivity index (χ0v) is 16.7. The Hall–Kier alpha value is -3.68. The number of fused-ring (bicyclic) bond motifs is 1. The Morgan fingerprint density at radius 1 is 1.10 bits per heavy atom. The van der Waals surface area contributed by atoms with Crippen molar-refractivity contribution in [3.05, 3.63) is 76.7 Å². The molecule has 7 nitrogen and oxygen atoms in total. The van der Waals surface area contributed by atoms with Crippen molar-refractivity contribution in [2.45, 2.75) is 13.0 Å². The van der Waals surface area contributed by atoms with Gasteiger partial charge in [-0.25, -0.2) is 9.07 Å². The van der Waals surface area contributed by atoms with Gasteiger partial charge in [-0.05, 0) is 29.7 Å². The number of carbonyl (C=O) groups is 2. The summed E-state index contributed by atoms with van der Waals surface area (Å²) in [5, 5.41) is 6.53. The van der Waals surface area contributed by atoms with Crippen LogP contribution in [0.25, 0.3) is 0 Å². The Balaban J connectivity index is 1.57. The Bertz CT molecular complexity index is 1130. The molecule has 154 valence electrons. The van der Waals surface area contributed by atoms with E-state index in [0.29, 0.717) is 25.3 Å². The Morgan fingerprint density at radius 3 is 2.57 bits per heavy atom. The number of hydrogen-bond acceptors (Lipinski definition) is 4. The Kier molecular flexibility index (Phi) is 5.22. The molecule has 0 saturated heterocycles. The van der Waals surface area contributed by atoms with E-state index in [9.17, 15) is 9.59 Å². The molecule has 0 unspecified atom stereocenters.